The summed E-state index contributed by atoms with van der Waals surface area (Å²) in [6, 6.07) is 0. The van der Waals surface area contributed by atoms with Crippen molar-refractivity contribution >= 4 is 5.71 Å². The lowest BCUT2D eigenvalue weighted by Gasteiger charge is -2.14. The zero-order chi connectivity index (χ0) is 10.8. The molecular formula is C13H23N. The Balaban J connectivity index is 0.000000791. The molecule has 1 rings (SSSR count). The summed E-state index contributed by atoms with van der Waals surface area (Å²) >= 11 is 0. The zero-order valence-corrected chi connectivity index (χ0v) is 9.96. The van der Waals surface area contributed by atoms with Gasteiger partial charge in [-0.05, 0) is 19.4 Å². The Labute approximate surface area is 88.6 Å². The van der Waals surface area contributed by atoms with Crippen LogP contribution in [-0.4, -0.2) is 12.3 Å². The summed E-state index contributed by atoms with van der Waals surface area (Å²) < 4.78 is 0. The van der Waals surface area contributed by atoms with E-state index in [0.29, 0.717) is 5.92 Å². The molecule has 0 aromatic carbocycles. The first kappa shape index (κ1) is 13.2. The minimum Gasteiger partial charge on any atom is -0.289 e. The summed E-state index contributed by atoms with van der Waals surface area (Å²) in [7, 11) is 0. The van der Waals surface area contributed by atoms with Gasteiger partial charge in [-0.3, -0.25) is 4.99 Å². The van der Waals surface area contributed by atoms with Crippen LogP contribution >= 0.6 is 0 Å². The van der Waals surface area contributed by atoms with Gasteiger partial charge in [-0.2, -0.15) is 0 Å². The van der Waals surface area contributed by atoms with Gasteiger partial charge in [-0.1, -0.05) is 45.4 Å². The maximum Gasteiger partial charge on any atom is 0.0416 e. The molecule has 0 amide bonds. The van der Waals surface area contributed by atoms with Crippen molar-refractivity contribution in [3.63, 3.8) is 0 Å². The minimum atomic E-state index is 0.569. The van der Waals surface area contributed by atoms with Crippen molar-refractivity contribution in [2.45, 2.75) is 40.5 Å². The number of rotatable bonds is 3. The van der Waals surface area contributed by atoms with Crippen molar-refractivity contribution in [2.75, 3.05) is 6.54 Å². The molecule has 0 heterocycles. The van der Waals surface area contributed by atoms with E-state index in [1.807, 2.05) is 13.8 Å². The van der Waals surface area contributed by atoms with Gasteiger partial charge in [-0.15, -0.1) is 0 Å². The summed E-state index contributed by atoms with van der Waals surface area (Å²) in [4.78, 5) is 4.46. The van der Waals surface area contributed by atoms with Crippen LogP contribution in [0.25, 0.3) is 0 Å². The number of hydrogen-bond acceptors (Lipinski definition) is 1. The molecule has 1 unspecified atom stereocenters. The van der Waals surface area contributed by atoms with Gasteiger partial charge in [-0.25, -0.2) is 0 Å². The van der Waals surface area contributed by atoms with Crippen molar-refractivity contribution in [3.05, 3.63) is 24.3 Å². The SMILES string of the molecule is CC.CCCC1C=CC=CC1=NCC. The Morgan fingerprint density at radius 1 is 1.21 bits per heavy atom. The smallest absolute Gasteiger partial charge is 0.0416 e. The lowest BCUT2D eigenvalue weighted by molar-refractivity contribution is 0.718. The molecule has 1 aliphatic rings. The maximum absolute atomic E-state index is 4.46. The highest BCUT2D eigenvalue weighted by atomic mass is 14.7. The lowest BCUT2D eigenvalue weighted by atomic mass is 9.94. The third-order valence-electron chi connectivity index (χ3n) is 2.04. The van der Waals surface area contributed by atoms with Crippen LogP contribution in [0.3, 0.4) is 0 Å². The van der Waals surface area contributed by atoms with Gasteiger partial charge in [0, 0.05) is 18.2 Å². The normalized spacial score (nSPS) is 22.0. The lowest BCUT2D eigenvalue weighted by Crippen LogP contribution is -2.12. The van der Waals surface area contributed by atoms with Crippen molar-refractivity contribution < 1.29 is 0 Å². The topological polar surface area (TPSA) is 12.4 Å². The van der Waals surface area contributed by atoms with Gasteiger partial charge < -0.3 is 0 Å². The van der Waals surface area contributed by atoms with Crippen molar-refractivity contribution in [1.82, 2.24) is 0 Å². The number of hydrogen-bond donors (Lipinski definition) is 0. The Morgan fingerprint density at radius 2 is 1.93 bits per heavy atom. The summed E-state index contributed by atoms with van der Waals surface area (Å²) in [6.07, 6.45) is 11.0. The second-order valence-corrected chi connectivity index (χ2v) is 3.04. The average molecular weight is 193 g/mol. The summed E-state index contributed by atoms with van der Waals surface area (Å²) in [5, 5.41) is 0. The molecule has 0 aliphatic heterocycles. The largest absolute Gasteiger partial charge is 0.289 e. The Morgan fingerprint density at radius 3 is 2.50 bits per heavy atom. The molecule has 0 radical (unpaired) electrons. The summed E-state index contributed by atoms with van der Waals surface area (Å²) in [5.74, 6) is 0.569. The van der Waals surface area contributed by atoms with Gasteiger partial charge in [0.25, 0.3) is 0 Å². The van der Waals surface area contributed by atoms with Gasteiger partial charge >= 0.3 is 0 Å². The molecule has 1 aliphatic carbocycles. The van der Waals surface area contributed by atoms with Gasteiger partial charge in [0.2, 0.25) is 0 Å². The molecule has 1 nitrogen and oxygen atoms in total. The standard InChI is InChI=1S/C11H17N.C2H6/c1-3-7-10-8-5-6-9-11(10)12-4-2;1-2/h5-6,8-10H,3-4,7H2,1-2H3;1-2H3. The Bertz CT molecular complexity index is 211. The van der Waals surface area contributed by atoms with Crippen LogP contribution in [-0.2, 0) is 0 Å². The third-order valence-corrected chi connectivity index (χ3v) is 2.04. The fraction of sp³-hybridized carbons (Fsp3) is 0.615. The van der Waals surface area contributed by atoms with Crippen molar-refractivity contribution in [2.24, 2.45) is 10.9 Å². The Kier molecular flexibility index (Phi) is 8.20. The molecule has 0 saturated heterocycles. The molecule has 14 heavy (non-hydrogen) atoms. The average Bonchev–Trinajstić information content (AvgIpc) is 2.25. The summed E-state index contributed by atoms with van der Waals surface area (Å²) in [6.45, 7) is 9.20. The predicted molar refractivity (Wildman–Crippen MR) is 66.0 cm³/mol. The first-order valence-electron chi connectivity index (χ1n) is 5.77. The predicted octanol–water partition coefficient (Wildman–Crippen LogP) is 4.02. The molecule has 1 atom stereocenters. The molecule has 0 aromatic heterocycles. The van der Waals surface area contributed by atoms with E-state index in [9.17, 15) is 0 Å². The first-order chi connectivity index (χ1) is 6.88. The van der Waals surface area contributed by atoms with Crippen LogP contribution in [0.5, 0.6) is 0 Å². The fourth-order valence-electron chi connectivity index (χ4n) is 1.48. The molecule has 0 fully saturated rings. The second kappa shape index (κ2) is 8.74. The monoisotopic (exact) mass is 193 g/mol. The van der Waals surface area contributed by atoms with Gasteiger partial charge in [0.1, 0.15) is 0 Å². The van der Waals surface area contributed by atoms with E-state index in [1.54, 1.807) is 0 Å². The quantitative estimate of drug-likeness (QED) is 0.642. The highest BCUT2D eigenvalue weighted by Gasteiger charge is 2.10. The molecule has 0 spiro atoms. The number of nitrogens with zero attached hydrogens (tertiary/aromatic N) is 1. The number of allylic oxidation sites excluding steroid dienone is 4. The van der Waals surface area contributed by atoms with Gasteiger partial charge in [0.05, 0.1) is 0 Å². The van der Waals surface area contributed by atoms with Crippen molar-refractivity contribution in [3.8, 4) is 0 Å². The highest BCUT2D eigenvalue weighted by Crippen LogP contribution is 2.15. The van der Waals surface area contributed by atoms with Crippen LogP contribution < -0.4 is 0 Å². The molecule has 0 bridgehead atoms. The van der Waals surface area contributed by atoms with E-state index in [4.69, 9.17) is 0 Å². The van der Waals surface area contributed by atoms with Gasteiger partial charge in [0.15, 0.2) is 0 Å². The van der Waals surface area contributed by atoms with Crippen LogP contribution in [0, 0.1) is 5.92 Å². The van der Waals surface area contributed by atoms with E-state index < -0.39 is 0 Å². The molecule has 0 saturated carbocycles. The highest BCUT2D eigenvalue weighted by molar-refractivity contribution is 5.99. The Hall–Kier alpha value is -0.850. The minimum absolute atomic E-state index is 0.569. The molecule has 1 heteroatoms. The number of aliphatic imine (C=N–C) groups is 1. The van der Waals surface area contributed by atoms with E-state index in [1.165, 1.54) is 18.6 Å². The van der Waals surface area contributed by atoms with Crippen LogP contribution in [0.4, 0.5) is 0 Å². The summed E-state index contributed by atoms with van der Waals surface area (Å²) in [5.41, 5.74) is 1.25. The van der Waals surface area contributed by atoms with E-state index in [2.05, 4.69) is 43.1 Å². The van der Waals surface area contributed by atoms with E-state index in [0.717, 1.165) is 6.54 Å². The molecular weight excluding hydrogens is 170 g/mol. The maximum atomic E-state index is 4.46. The van der Waals surface area contributed by atoms with Crippen molar-refractivity contribution in [1.29, 1.82) is 0 Å². The first-order valence-corrected chi connectivity index (χ1v) is 5.77. The fourth-order valence-corrected chi connectivity index (χ4v) is 1.48. The third kappa shape index (κ3) is 4.40. The van der Waals surface area contributed by atoms with Crippen LogP contribution in [0.2, 0.25) is 0 Å². The van der Waals surface area contributed by atoms with E-state index >= 15 is 0 Å². The van der Waals surface area contributed by atoms with E-state index in [-0.39, 0.29) is 0 Å². The molecule has 0 aromatic rings. The van der Waals surface area contributed by atoms with Crippen LogP contribution in [0.15, 0.2) is 29.3 Å². The molecule has 80 valence electrons. The van der Waals surface area contributed by atoms with Crippen LogP contribution in [0.1, 0.15) is 40.5 Å². The molecule has 0 N–H and O–H groups in total. The second-order valence-electron chi connectivity index (χ2n) is 3.04. The zero-order valence-electron chi connectivity index (χ0n) is 9.96.